The highest BCUT2D eigenvalue weighted by Crippen LogP contribution is 2.29. The number of nitrogens with zero attached hydrogens (tertiary/aromatic N) is 2. The molecule has 0 saturated heterocycles. The molecular formula is C9H7Cl2N3O. The minimum Gasteiger partial charge on any atom is -0.419 e. The van der Waals surface area contributed by atoms with Crippen LogP contribution >= 0.6 is 23.2 Å². The Morgan fingerprint density at radius 2 is 2.07 bits per heavy atom. The first-order chi connectivity index (χ1) is 7.20. The summed E-state index contributed by atoms with van der Waals surface area (Å²) in [5, 5.41) is 8.62. The zero-order valence-electron chi connectivity index (χ0n) is 7.58. The van der Waals surface area contributed by atoms with Crippen molar-refractivity contribution in [2.45, 2.75) is 6.54 Å². The highest BCUT2D eigenvalue weighted by atomic mass is 35.5. The smallest absolute Gasteiger partial charge is 0.249 e. The van der Waals surface area contributed by atoms with E-state index in [9.17, 15) is 0 Å². The summed E-state index contributed by atoms with van der Waals surface area (Å²) in [5.41, 5.74) is 5.96. The van der Waals surface area contributed by atoms with Gasteiger partial charge in [0.1, 0.15) is 0 Å². The average molecular weight is 244 g/mol. The normalized spacial score (nSPS) is 10.6. The second kappa shape index (κ2) is 4.18. The summed E-state index contributed by atoms with van der Waals surface area (Å²) in [6.45, 7) is 0.200. The maximum absolute atomic E-state index is 5.97. The molecule has 4 nitrogen and oxygen atoms in total. The van der Waals surface area contributed by atoms with Crippen LogP contribution < -0.4 is 5.73 Å². The molecule has 0 bridgehead atoms. The summed E-state index contributed by atoms with van der Waals surface area (Å²) < 4.78 is 5.26. The minimum atomic E-state index is 0.200. The molecular weight excluding hydrogens is 237 g/mol. The van der Waals surface area contributed by atoms with Crippen LogP contribution in [0.2, 0.25) is 10.0 Å². The number of aromatic nitrogens is 2. The van der Waals surface area contributed by atoms with Crippen molar-refractivity contribution in [3.63, 3.8) is 0 Å². The lowest BCUT2D eigenvalue weighted by atomic mass is 10.2. The van der Waals surface area contributed by atoms with E-state index in [0.717, 1.165) is 0 Å². The van der Waals surface area contributed by atoms with Gasteiger partial charge in [0, 0.05) is 5.02 Å². The van der Waals surface area contributed by atoms with E-state index in [1.807, 2.05) is 0 Å². The Bertz CT molecular complexity index is 484. The van der Waals surface area contributed by atoms with Gasteiger partial charge in [0.25, 0.3) is 0 Å². The lowest BCUT2D eigenvalue weighted by Gasteiger charge is -1.98. The Balaban J connectivity index is 2.48. The van der Waals surface area contributed by atoms with Crippen LogP contribution in [0.3, 0.4) is 0 Å². The third kappa shape index (κ3) is 2.12. The molecule has 0 radical (unpaired) electrons. The van der Waals surface area contributed by atoms with Crippen molar-refractivity contribution in [3.8, 4) is 11.5 Å². The predicted molar refractivity (Wildman–Crippen MR) is 57.6 cm³/mol. The summed E-state index contributed by atoms with van der Waals surface area (Å²) >= 11 is 11.8. The second-order valence-corrected chi connectivity index (χ2v) is 3.67. The fourth-order valence-electron chi connectivity index (χ4n) is 1.11. The van der Waals surface area contributed by atoms with Gasteiger partial charge in [-0.1, -0.05) is 23.2 Å². The summed E-state index contributed by atoms with van der Waals surface area (Å²) in [4.78, 5) is 0. The summed E-state index contributed by atoms with van der Waals surface area (Å²) in [7, 11) is 0. The number of hydrogen-bond donors (Lipinski definition) is 1. The van der Waals surface area contributed by atoms with Gasteiger partial charge in [0.05, 0.1) is 17.1 Å². The maximum Gasteiger partial charge on any atom is 0.249 e. The Hall–Kier alpha value is -1.10. The Morgan fingerprint density at radius 1 is 1.27 bits per heavy atom. The van der Waals surface area contributed by atoms with Gasteiger partial charge in [-0.05, 0) is 18.2 Å². The van der Waals surface area contributed by atoms with Crippen LogP contribution in [-0.2, 0) is 6.54 Å². The molecule has 78 valence electrons. The van der Waals surface area contributed by atoms with E-state index in [2.05, 4.69) is 10.2 Å². The molecule has 0 fully saturated rings. The third-order valence-corrected chi connectivity index (χ3v) is 2.36. The summed E-state index contributed by atoms with van der Waals surface area (Å²) in [6.07, 6.45) is 0. The van der Waals surface area contributed by atoms with Crippen LogP contribution in [0.5, 0.6) is 0 Å². The Morgan fingerprint density at radius 3 is 2.73 bits per heavy atom. The van der Waals surface area contributed by atoms with E-state index < -0.39 is 0 Å². The van der Waals surface area contributed by atoms with Crippen molar-refractivity contribution in [2.24, 2.45) is 5.73 Å². The fraction of sp³-hybridized carbons (Fsp3) is 0.111. The SMILES string of the molecule is NCc1nnc(-c2cc(Cl)ccc2Cl)o1. The van der Waals surface area contributed by atoms with Gasteiger partial charge in [0.15, 0.2) is 0 Å². The molecule has 0 aliphatic rings. The number of rotatable bonds is 2. The van der Waals surface area contributed by atoms with E-state index in [-0.39, 0.29) is 6.54 Å². The van der Waals surface area contributed by atoms with Gasteiger partial charge >= 0.3 is 0 Å². The number of nitrogens with two attached hydrogens (primary N) is 1. The van der Waals surface area contributed by atoms with Gasteiger partial charge in [0.2, 0.25) is 11.8 Å². The van der Waals surface area contributed by atoms with E-state index in [0.29, 0.717) is 27.4 Å². The molecule has 1 aromatic carbocycles. The van der Waals surface area contributed by atoms with E-state index >= 15 is 0 Å². The van der Waals surface area contributed by atoms with Crippen molar-refractivity contribution in [1.82, 2.24) is 10.2 Å². The zero-order chi connectivity index (χ0) is 10.8. The van der Waals surface area contributed by atoms with Crippen LogP contribution in [0, 0.1) is 0 Å². The highest BCUT2D eigenvalue weighted by molar-refractivity contribution is 6.35. The third-order valence-electron chi connectivity index (χ3n) is 1.80. The van der Waals surface area contributed by atoms with Crippen LogP contribution in [-0.4, -0.2) is 10.2 Å². The molecule has 0 atom stereocenters. The molecule has 0 spiro atoms. The number of benzene rings is 1. The van der Waals surface area contributed by atoms with Crippen LogP contribution in [0.15, 0.2) is 22.6 Å². The van der Waals surface area contributed by atoms with Gasteiger partial charge in [-0.2, -0.15) is 0 Å². The minimum absolute atomic E-state index is 0.200. The van der Waals surface area contributed by atoms with Crippen molar-refractivity contribution in [2.75, 3.05) is 0 Å². The second-order valence-electron chi connectivity index (χ2n) is 2.83. The van der Waals surface area contributed by atoms with Gasteiger partial charge in [-0.25, -0.2) is 0 Å². The molecule has 0 saturated carbocycles. The van der Waals surface area contributed by atoms with Crippen molar-refractivity contribution >= 4 is 23.2 Å². The van der Waals surface area contributed by atoms with E-state index in [1.165, 1.54) is 0 Å². The lowest BCUT2D eigenvalue weighted by Crippen LogP contribution is -1.95. The van der Waals surface area contributed by atoms with Gasteiger partial charge < -0.3 is 10.2 Å². The summed E-state index contributed by atoms with van der Waals surface area (Å²) in [6, 6.07) is 5.02. The standard InChI is InChI=1S/C9H7Cl2N3O/c10-5-1-2-7(11)6(3-5)9-14-13-8(4-12)15-9/h1-3H,4,12H2. The first-order valence-corrected chi connectivity index (χ1v) is 4.94. The topological polar surface area (TPSA) is 64.9 Å². The molecule has 15 heavy (non-hydrogen) atoms. The van der Waals surface area contributed by atoms with Crippen LogP contribution in [0.25, 0.3) is 11.5 Å². The Kier molecular flexibility index (Phi) is 2.90. The first kappa shape index (κ1) is 10.4. The molecule has 2 rings (SSSR count). The zero-order valence-corrected chi connectivity index (χ0v) is 9.09. The first-order valence-electron chi connectivity index (χ1n) is 4.18. The molecule has 1 heterocycles. The highest BCUT2D eigenvalue weighted by Gasteiger charge is 2.11. The van der Waals surface area contributed by atoms with Crippen LogP contribution in [0.1, 0.15) is 5.89 Å². The number of hydrogen-bond acceptors (Lipinski definition) is 4. The summed E-state index contributed by atoms with van der Waals surface area (Å²) in [5.74, 6) is 0.684. The molecule has 0 unspecified atom stereocenters. The van der Waals surface area contributed by atoms with E-state index in [1.54, 1.807) is 18.2 Å². The molecule has 2 N–H and O–H groups in total. The monoisotopic (exact) mass is 243 g/mol. The molecule has 0 aliphatic heterocycles. The largest absolute Gasteiger partial charge is 0.419 e. The molecule has 0 amide bonds. The molecule has 2 aromatic rings. The van der Waals surface area contributed by atoms with Crippen LogP contribution in [0.4, 0.5) is 0 Å². The average Bonchev–Trinajstić information content (AvgIpc) is 2.70. The van der Waals surface area contributed by atoms with Gasteiger partial charge in [-0.15, -0.1) is 10.2 Å². The predicted octanol–water partition coefficient (Wildman–Crippen LogP) is 2.50. The Labute approximate surface area is 96.0 Å². The maximum atomic E-state index is 5.97. The van der Waals surface area contributed by atoms with Crippen molar-refractivity contribution in [1.29, 1.82) is 0 Å². The molecule has 0 aliphatic carbocycles. The quantitative estimate of drug-likeness (QED) is 0.881. The number of halogens is 2. The van der Waals surface area contributed by atoms with E-state index in [4.69, 9.17) is 33.4 Å². The van der Waals surface area contributed by atoms with Crippen molar-refractivity contribution in [3.05, 3.63) is 34.1 Å². The van der Waals surface area contributed by atoms with Gasteiger partial charge in [-0.3, -0.25) is 0 Å². The lowest BCUT2D eigenvalue weighted by molar-refractivity contribution is 0.509. The molecule has 1 aromatic heterocycles. The fourth-order valence-corrected chi connectivity index (χ4v) is 1.48. The molecule has 6 heteroatoms. The van der Waals surface area contributed by atoms with Crippen molar-refractivity contribution < 1.29 is 4.42 Å².